The number of rotatable bonds is 4. The minimum absolute atomic E-state index is 0.0637. The van der Waals surface area contributed by atoms with Gasteiger partial charge in [0.25, 0.3) is 0 Å². The van der Waals surface area contributed by atoms with E-state index < -0.39 is 10.0 Å². The van der Waals surface area contributed by atoms with Crippen LogP contribution in [0.2, 0.25) is 0 Å². The average molecular weight is 353 g/mol. The zero-order valence-electron chi connectivity index (χ0n) is 10.6. The summed E-state index contributed by atoms with van der Waals surface area (Å²) in [4.78, 5) is 0.0899. The van der Waals surface area contributed by atoms with Crippen molar-refractivity contribution >= 4 is 26.0 Å². The van der Waals surface area contributed by atoms with Gasteiger partial charge in [-0.2, -0.15) is 0 Å². The van der Waals surface area contributed by atoms with Crippen LogP contribution in [0, 0.1) is 0 Å². The second-order valence-electron chi connectivity index (χ2n) is 4.58. The Morgan fingerprint density at radius 2 is 2.32 bits per heavy atom. The summed E-state index contributed by atoms with van der Waals surface area (Å²) in [7, 11) is -3.60. The normalized spacial score (nSPS) is 24.6. The maximum atomic E-state index is 12.3. The van der Waals surface area contributed by atoms with E-state index in [-0.39, 0.29) is 28.3 Å². The molecule has 0 radical (unpaired) electrons. The molecule has 1 saturated heterocycles. The predicted octanol–water partition coefficient (Wildman–Crippen LogP) is 1.35. The summed E-state index contributed by atoms with van der Waals surface area (Å²) >= 11 is 3.10. The van der Waals surface area contributed by atoms with Gasteiger partial charge in [-0.1, -0.05) is 0 Å². The van der Waals surface area contributed by atoms with Crippen LogP contribution in [0.4, 0.5) is 0 Å². The number of hydrogen-bond donors (Lipinski definition) is 2. The number of nitrogens with one attached hydrogen (secondary N) is 1. The molecule has 0 saturated carbocycles. The number of hydrogen-bond acceptors (Lipinski definition) is 5. The summed E-state index contributed by atoms with van der Waals surface area (Å²) in [6.45, 7) is 2.65. The number of halogens is 1. The molecule has 8 heteroatoms. The zero-order chi connectivity index (χ0) is 14.0. The highest BCUT2D eigenvalue weighted by Crippen LogP contribution is 2.27. The third kappa shape index (κ3) is 3.57. The van der Waals surface area contributed by atoms with Crippen molar-refractivity contribution < 1.29 is 17.6 Å². The van der Waals surface area contributed by atoms with E-state index in [1.165, 1.54) is 6.07 Å². The summed E-state index contributed by atoms with van der Waals surface area (Å²) in [5.74, 6) is 0.424. The monoisotopic (exact) mass is 352 g/mol. The highest BCUT2D eigenvalue weighted by atomic mass is 79.9. The largest absolute Gasteiger partial charge is 0.452 e. The van der Waals surface area contributed by atoms with E-state index in [9.17, 15) is 8.42 Å². The lowest BCUT2D eigenvalue weighted by molar-refractivity contribution is 0.0173. The van der Waals surface area contributed by atoms with Crippen molar-refractivity contribution in [3.05, 3.63) is 16.5 Å². The fourth-order valence-electron chi connectivity index (χ4n) is 2.07. The van der Waals surface area contributed by atoms with Crippen LogP contribution >= 0.6 is 15.9 Å². The topological polar surface area (TPSA) is 94.6 Å². The lowest BCUT2D eigenvalue weighted by atomic mass is 10.1. The molecule has 1 aliphatic heterocycles. The van der Waals surface area contributed by atoms with Gasteiger partial charge in [-0.25, -0.2) is 13.1 Å². The van der Waals surface area contributed by atoms with Crippen LogP contribution in [0.3, 0.4) is 0 Å². The molecule has 3 N–H and O–H groups in total. The van der Waals surface area contributed by atoms with Crippen LogP contribution in [0.1, 0.15) is 25.5 Å². The Morgan fingerprint density at radius 1 is 1.58 bits per heavy atom. The Labute approximate surface area is 120 Å². The first-order valence-electron chi connectivity index (χ1n) is 6.04. The molecule has 2 rings (SSSR count). The van der Waals surface area contributed by atoms with E-state index in [4.69, 9.17) is 14.9 Å². The van der Waals surface area contributed by atoms with E-state index >= 15 is 0 Å². The molecular formula is C11H17BrN2O4S. The van der Waals surface area contributed by atoms with Crippen molar-refractivity contribution in [2.75, 3.05) is 6.61 Å². The molecule has 0 aromatic carbocycles. The molecule has 19 heavy (non-hydrogen) atoms. The van der Waals surface area contributed by atoms with Gasteiger partial charge in [-0.15, -0.1) is 0 Å². The minimum atomic E-state index is -3.60. The van der Waals surface area contributed by atoms with E-state index in [1.807, 2.05) is 6.92 Å². The summed E-state index contributed by atoms with van der Waals surface area (Å²) in [6, 6.07) is 1.33. The Bertz CT molecular complexity index is 543. The molecular weight excluding hydrogens is 336 g/mol. The predicted molar refractivity (Wildman–Crippen MR) is 73.1 cm³/mol. The molecule has 0 bridgehead atoms. The first-order chi connectivity index (χ1) is 8.92. The van der Waals surface area contributed by atoms with E-state index in [1.54, 1.807) is 0 Å². The van der Waals surface area contributed by atoms with Crippen molar-refractivity contribution in [2.45, 2.75) is 43.4 Å². The first kappa shape index (κ1) is 15.0. The van der Waals surface area contributed by atoms with E-state index in [2.05, 4.69) is 20.7 Å². The summed E-state index contributed by atoms with van der Waals surface area (Å²) in [5, 5.41) is 0. The fourth-order valence-corrected chi connectivity index (χ4v) is 4.35. The third-order valence-electron chi connectivity index (χ3n) is 3.00. The van der Waals surface area contributed by atoms with Crippen LogP contribution in [0.25, 0.3) is 0 Å². The maximum absolute atomic E-state index is 12.3. The fraction of sp³-hybridized carbons (Fsp3) is 0.636. The van der Waals surface area contributed by atoms with Gasteiger partial charge in [0.15, 0.2) is 4.67 Å². The molecule has 0 amide bonds. The maximum Gasteiger partial charge on any atom is 0.245 e. The molecule has 1 aromatic heterocycles. The van der Waals surface area contributed by atoms with Crippen molar-refractivity contribution in [1.82, 2.24) is 4.72 Å². The quantitative estimate of drug-likeness (QED) is 0.852. The zero-order valence-corrected chi connectivity index (χ0v) is 13.0. The van der Waals surface area contributed by atoms with Gasteiger partial charge in [0.2, 0.25) is 10.0 Å². The molecule has 108 valence electrons. The Kier molecular flexibility index (Phi) is 4.67. The molecule has 0 spiro atoms. The van der Waals surface area contributed by atoms with E-state index in [0.717, 1.165) is 0 Å². The average Bonchev–Trinajstić information content (AvgIpc) is 2.71. The Balaban J connectivity index is 2.15. The van der Waals surface area contributed by atoms with Crippen molar-refractivity contribution in [1.29, 1.82) is 0 Å². The van der Waals surface area contributed by atoms with Gasteiger partial charge in [0.05, 0.1) is 12.6 Å². The van der Waals surface area contributed by atoms with Crippen LogP contribution in [-0.4, -0.2) is 27.2 Å². The number of sulfonamides is 1. The first-order valence-corrected chi connectivity index (χ1v) is 8.32. The number of ether oxygens (including phenoxy) is 1. The van der Waals surface area contributed by atoms with Gasteiger partial charge >= 0.3 is 0 Å². The molecule has 2 heterocycles. The second-order valence-corrected chi connectivity index (χ2v) is 6.98. The summed E-state index contributed by atoms with van der Waals surface area (Å²) in [5.41, 5.74) is 5.43. The van der Waals surface area contributed by atoms with Gasteiger partial charge in [0.1, 0.15) is 10.7 Å². The second kappa shape index (κ2) is 5.92. The standard InChI is InChI=1S/C11H17BrN2O4S/c1-7-4-8(2-3-17-7)14-19(15,16)10-5-9(6-13)18-11(10)12/h5,7-8,14H,2-4,6,13H2,1H3. The highest BCUT2D eigenvalue weighted by molar-refractivity contribution is 9.10. The van der Waals surface area contributed by atoms with Crippen LogP contribution in [-0.2, 0) is 21.3 Å². The molecule has 1 fully saturated rings. The van der Waals surface area contributed by atoms with Crippen molar-refractivity contribution in [2.24, 2.45) is 5.73 Å². The molecule has 2 unspecified atom stereocenters. The molecule has 1 aromatic rings. The number of nitrogens with two attached hydrogens (primary N) is 1. The van der Waals surface area contributed by atoms with Crippen LogP contribution in [0.15, 0.2) is 20.0 Å². The molecule has 6 nitrogen and oxygen atoms in total. The van der Waals surface area contributed by atoms with Gasteiger partial charge in [-0.3, -0.25) is 0 Å². The van der Waals surface area contributed by atoms with Crippen molar-refractivity contribution in [3.8, 4) is 0 Å². The molecule has 2 atom stereocenters. The smallest absolute Gasteiger partial charge is 0.245 e. The summed E-state index contributed by atoms with van der Waals surface area (Å²) < 4.78 is 38.0. The summed E-state index contributed by atoms with van der Waals surface area (Å²) in [6.07, 6.45) is 1.40. The van der Waals surface area contributed by atoms with E-state index in [0.29, 0.717) is 25.2 Å². The molecule has 0 aliphatic carbocycles. The lowest BCUT2D eigenvalue weighted by Crippen LogP contribution is -2.41. The van der Waals surface area contributed by atoms with Crippen LogP contribution in [0.5, 0.6) is 0 Å². The lowest BCUT2D eigenvalue weighted by Gasteiger charge is -2.27. The number of furan rings is 1. The third-order valence-corrected chi connectivity index (χ3v) is 5.38. The van der Waals surface area contributed by atoms with Gasteiger partial charge in [-0.05, 0) is 35.7 Å². The molecule has 1 aliphatic rings. The van der Waals surface area contributed by atoms with Crippen LogP contribution < -0.4 is 10.5 Å². The van der Waals surface area contributed by atoms with Gasteiger partial charge in [0, 0.05) is 18.7 Å². The highest BCUT2D eigenvalue weighted by Gasteiger charge is 2.28. The minimum Gasteiger partial charge on any atom is -0.452 e. The SMILES string of the molecule is CC1CC(NS(=O)(=O)c2cc(CN)oc2Br)CCO1. The van der Waals surface area contributed by atoms with Gasteiger partial charge < -0.3 is 14.9 Å². The Hall–Kier alpha value is -0.410. The Morgan fingerprint density at radius 3 is 2.89 bits per heavy atom. The van der Waals surface area contributed by atoms with Crippen molar-refractivity contribution in [3.63, 3.8) is 0 Å².